The molecule has 1 N–H and O–H groups in total. The molecule has 0 unspecified atom stereocenters. The van der Waals surface area contributed by atoms with Gasteiger partial charge in [-0.15, -0.1) is 0 Å². The van der Waals surface area contributed by atoms with E-state index in [2.05, 4.69) is 0 Å². The van der Waals surface area contributed by atoms with Crippen molar-refractivity contribution in [3.8, 4) is 0 Å². The van der Waals surface area contributed by atoms with Crippen molar-refractivity contribution in [2.24, 2.45) is 0 Å². The van der Waals surface area contributed by atoms with E-state index in [1.165, 1.54) is 0 Å². The molecule has 1 saturated carbocycles. The summed E-state index contributed by atoms with van der Waals surface area (Å²) in [7, 11) is 0. The lowest BCUT2D eigenvalue weighted by molar-refractivity contribution is -0.139. The molecule has 0 bridgehead atoms. The van der Waals surface area contributed by atoms with Crippen molar-refractivity contribution < 1.29 is 14.7 Å². The first-order valence-electron chi connectivity index (χ1n) is 7.22. The fourth-order valence-electron chi connectivity index (χ4n) is 2.81. The summed E-state index contributed by atoms with van der Waals surface area (Å²) in [6.07, 6.45) is 4.65. The second-order valence-corrected chi connectivity index (χ2v) is 5.33. The molecule has 1 aliphatic rings. The van der Waals surface area contributed by atoms with Crippen LogP contribution in [0.2, 0.25) is 0 Å². The summed E-state index contributed by atoms with van der Waals surface area (Å²) in [6.45, 7) is 0.325. The summed E-state index contributed by atoms with van der Waals surface area (Å²) in [4.78, 5) is 25.0. The lowest BCUT2D eigenvalue weighted by Crippen LogP contribution is -2.41. The molecule has 20 heavy (non-hydrogen) atoms. The fraction of sp³-hybridized carbons (Fsp3) is 0.500. The lowest BCUT2D eigenvalue weighted by atomic mass is 10.1. The Kier molecular flexibility index (Phi) is 5.16. The number of amides is 1. The molecular formula is C16H21NO3. The third-order valence-electron chi connectivity index (χ3n) is 3.85. The zero-order chi connectivity index (χ0) is 14.4. The van der Waals surface area contributed by atoms with E-state index in [1.807, 2.05) is 30.3 Å². The molecule has 0 heterocycles. The van der Waals surface area contributed by atoms with Crippen molar-refractivity contribution in [3.63, 3.8) is 0 Å². The number of aliphatic carboxylic acids is 1. The van der Waals surface area contributed by atoms with Gasteiger partial charge in [0.2, 0.25) is 5.91 Å². The average molecular weight is 275 g/mol. The highest BCUT2D eigenvalue weighted by atomic mass is 16.4. The van der Waals surface area contributed by atoms with Crippen LogP contribution in [0, 0.1) is 0 Å². The minimum absolute atomic E-state index is 0.0248. The van der Waals surface area contributed by atoms with Crippen LogP contribution in [0.4, 0.5) is 0 Å². The van der Waals surface area contributed by atoms with E-state index in [9.17, 15) is 9.59 Å². The van der Waals surface area contributed by atoms with Gasteiger partial charge in [-0.3, -0.25) is 9.59 Å². The Morgan fingerprint density at radius 2 is 1.80 bits per heavy atom. The Morgan fingerprint density at radius 3 is 2.40 bits per heavy atom. The van der Waals surface area contributed by atoms with Crippen LogP contribution in [0.15, 0.2) is 30.3 Å². The number of rotatable bonds is 6. The van der Waals surface area contributed by atoms with E-state index in [-0.39, 0.29) is 18.4 Å². The summed E-state index contributed by atoms with van der Waals surface area (Å²) in [5, 5.41) is 8.84. The molecule has 2 rings (SSSR count). The van der Waals surface area contributed by atoms with E-state index in [0.717, 1.165) is 31.2 Å². The van der Waals surface area contributed by atoms with Gasteiger partial charge in [0.1, 0.15) is 0 Å². The van der Waals surface area contributed by atoms with Crippen LogP contribution in [-0.2, 0) is 16.0 Å². The minimum atomic E-state index is -0.847. The molecule has 1 aromatic rings. The monoisotopic (exact) mass is 275 g/mol. The number of hydrogen-bond donors (Lipinski definition) is 1. The van der Waals surface area contributed by atoms with Crippen LogP contribution in [0.25, 0.3) is 0 Å². The van der Waals surface area contributed by atoms with Gasteiger partial charge >= 0.3 is 5.97 Å². The predicted molar refractivity (Wildman–Crippen MR) is 76.4 cm³/mol. The highest BCUT2D eigenvalue weighted by Crippen LogP contribution is 2.24. The number of benzene rings is 1. The lowest BCUT2D eigenvalue weighted by Gasteiger charge is -2.28. The van der Waals surface area contributed by atoms with Gasteiger partial charge in [0.15, 0.2) is 0 Å². The fourth-order valence-corrected chi connectivity index (χ4v) is 2.81. The first-order valence-corrected chi connectivity index (χ1v) is 7.22. The van der Waals surface area contributed by atoms with E-state index in [4.69, 9.17) is 5.11 Å². The van der Waals surface area contributed by atoms with Gasteiger partial charge < -0.3 is 10.0 Å². The molecule has 0 aliphatic heterocycles. The largest absolute Gasteiger partial charge is 0.481 e. The zero-order valence-corrected chi connectivity index (χ0v) is 11.6. The van der Waals surface area contributed by atoms with Crippen molar-refractivity contribution in [1.29, 1.82) is 0 Å². The van der Waals surface area contributed by atoms with Gasteiger partial charge in [-0.05, 0) is 18.4 Å². The number of carbonyl (C=O) groups excluding carboxylic acids is 1. The highest BCUT2D eigenvalue weighted by Gasteiger charge is 2.26. The van der Waals surface area contributed by atoms with Gasteiger partial charge in [0.25, 0.3) is 0 Å². The van der Waals surface area contributed by atoms with Crippen molar-refractivity contribution in [2.75, 3.05) is 6.54 Å². The van der Waals surface area contributed by atoms with Gasteiger partial charge in [-0.25, -0.2) is 0 Å². The maximum Gasteiger partial charge on any atom is 0.305 e. The molecule has 4 nitrogen and oxygen atoms in total. The molecule has 0 saturated heterocycles. The number of nitrogens with zero attached hydrogens (tertiary/aromatic N) is 1. The maximum absolute atomic E-state index is 12.4. The summed E-state index contributed by atoms with van der Waals surface area (Å²) < 4.78 is 0. The smallest absolute Gasteiger partial charge is 0.305 e. The third kappa shape index (κ3) is 4.08. The molecule has 108 valence electrons. The Hall–Kier alpha value is -1.84. The van der Waals surface area contributed by atoms with Crippen LogP contribution in [0.3, 0.4) is 0 Å². The topological polar surface area (TPSA) is 57.6 Å². The molecule has 0 aromatic heterocycles. The molecule has 0 radical (unpaired) electrons. The molecule has 0 spiro atoms. The highest BCUT2D eigenvalue weighted by molar-refractivity contribution is 5.79. The quantitative estimate of drug-likeness (QED) is 0.867. The van der Waals surface area contributed by atoms with E-state index < -0.39 is 5.97 Å². The van der Waals surface area contributed by atoms with Gasteiger partial charge in [0.05, 0.1) is 12.8 Å². The Bertz CT molecular complexity index is 452. The number of carbonyl (C=O) groups is 2. The SMILES string of the molecule is O=C(O)CCN(C(=O)Cc1ccccc1)C1CCCC1. The Labute approximate surface area is 119 Å². The third-order valence-corrected chi connectivity index (χ3v) is 3.85. The maximum atomic E-state index is 12.4. The molecular weight excluding hydrogens is 254 g/mol. The van der Waals surface area contributed by atoms with Crippen LogP contribution < -0.4 is 0 Å². The second-order valence-electron chi connectivity index (χ2n) is 5.33. The van der Waals surface area contributed by atoms with E-state index in [1.54, 1.807) is 4.90 Å². The molecule has 0 atom stereocenters. The van der Waals surface area contributed by atoms with E-state index in [0.29, 0.717) is 13.0 Å². The zero-order valence-electron chi connectivity index (χ0n) is 11.6. The Morgan fingerprint density at radius 1 is 1.15 bits per heavy atom. The standard InChI is InChI=1S/C16H21NO3/c18-15(12-13-6-2-1-3-7-13)17(11-10-16(19)20)14-8-4-5-9-14/h1-3,6-7,14H,4-5,8-12H2,(H,19,20). The van der Waals surface area contributed by atoms with Crippen LogP contribution >= 0.6 is 0 Å². The normalized spacial score (nSPS) is 15.2. The average Bonchev–Trinajstić information content (AvgIpc) is 2.93. The summed E-state index contributed by atoms with van der Waals surface area (Å²) in [5.74, 6) is -0.801. The van der Waals surface area contributed by atoms with Crippen LogP contribution in [0.1, 0.15) is 37.7 Å². The summed E-state index contributed by atoms with van der Waals surface area (Å²) >= 11 is 0. The van der Waals surface area contributed by atoms with Crippen LogP contribution in [-0.4, -0.2) is 34.5 Å². The van der Waals surface area contributed by atoms with E-state index >= 15 is 0 Å². The van der Waals surface area contributed by atoms with Gasteiger partial charge in [0, 0.05) is 12.6 Å². The number of hydrogen-bond acceptors (Lipinski definition) is 2. The van der Waals surface area contributed by atoms with Crippen LogP contribution in [0.5, 0.6) is 0 Å². The summed E-state index contributed by atoms with van der Waals surface area (Å²) in [5.41, 5.74) is 0.982. The first-order chi connectivity index (χ1) is 9.66. The molecule has 1 amide bonds. The van der Waals surface area contributed by atoms with Crippen molar-refractivity contribution in [3.05, 3.63) is 35.9 Å². The van der Waals surface area contributed by atoms with Crippen molar-refractivity contribution >= 4 is 11.9 Å². The molecule has 1 aromatic carbocycles. The number of carboxylic acids is 1. The van der Waals surface area contributed by atoms with Crippen molar-refractivity contribution in [1.82, 2.24) is 4.90 Å². The Balaban J connectivity index is 2.00. The number of carboxylic acid groups (broad SMARTS) is 1. The second kappa shape index (κ2) is 7.08. The predicted octanol–water partition coefficient (Wildman–Crippen LogP) is 2.48. The first kappa shape index (κ1) is 14.6. The van der Waals surface area contributed by atoms with Gasteiger partial charge in [-0.2, -0.15) is 0 Å². The van der Waals surface area contributed by atoms with Gasteiger partial charge in [-0.1, -0.05) is 43.2 Å². The molecule has 4 heteroatoms. The van der Waals surface area contributed by atoms with Crippen molar-refractivity contribution in [2.45, 2.75) is 44.6 Å². The molecule has 1 aliphatic carbocycles. The minimum Gasteiger partial charge on any atom is -0.481 e. The summed E-state index contributed by atoms with van der Waals surface area (Å²) in [6, 6.07) is 9.85. The molecule has 1 fully saturated rings.